The Balaban J connectivity index is 2.45. The van der Waals surface area contributed by atoms with Crippen molar-refractivity contribution in [1.82, 2.24) is 20.0 Å². The van der Waals surface area contributed by atoms with Crippen LogP contribution in [0.4, 0.5) is 0 Å². The molecule has 0 fully saturated rings. The minimum absolute atomic E-state index is 0.875. The van der Waals surface area contributed by atoms with E-state index in [9.17, 15) is 0 Å². The summed E-state index contributed by atoms with van der Waals surface area (Å²) in [6, 6.07) is 3.81. The molecule has 0 bridgehead atoms. The van der Waals surface area contributed by atoms with E-state index in [1.165, 1.54) is 0 Å². The van der Waals surface area contributed by atoms with Gasteiger partial charge in [0.25, 0.3) is 0 Å². The Labute approximate surface area is 69.9 Å². The number of aryl methyl sites for hydroxylation is 1. The van der Waals surface area contributed by atoms with Crippen molar-refractivity contribution in [3.05, 3.63) is 30.7 Å². The van der Waals surface area contributed by atoms with E-state index in [4.69, 9.17) is 0 Å². The second kappa shape index (κ2) is 2.73. The summed E-state index contributed by atoms with van der Waals surface area (Å²) in [5, 5.41) is 7.81. The maximum atomic E-state index is 3.97. The van der Waals surface area contributed by atoms with Gasteiger partial charge in [-0.1, -0.05) is 5.21 Å². The van der Waals surface area contributed by atoms with Crippen molar-refractivity contribution in [3.63, 3.8) is 0 Å². The zero-order valence-electron chi connectivity index (χ0n) is 6.68. The van der Waals surface area contributed by atoms with Crippen LogP contribution in [0.5, 0.6) is 0 Å². The summed E-state index contributed by atoms with van der Waals surface area (Å²) in [6.45, 7) is 0. The van der Waals surface area contributed by atoms with Crippen molar-refractivity contribution < 1.29 is 0 Å². The van der Waals surface area contributed by atoms with Gasteiger partial charge in [0.05, 0.1) is 6.20 Å². The fourth-order valence-electron chi connectivity index (χ4n) is 1.00. The van der Waals surface area contributed by atoms with Crippen LogP contribution in [0.3, 0.4) is 0 Å². The lowest BCUT2D eigenvalue weighted by atomic mass is 10.2. The molecule has 0 amide bonds. The Morgan fingerprint density at radius 2 is 2.00 bits per heavy atom. The smallest absolute Gasteiger partial charge is 0.113 e. The van der Waals surface area contributed by atoms with Gasteiger partial charge in [-0.2, -0.15) is 0 Å². The molecular formula is C8H8N4. The van der Waals surface area contributed by atoms with E-state index >= 15 is 0 Å². The van der Waals surface area contributed by atoms with Gasteiger partial charge in [0.2, 0.25) is 0 Å². The summed E-state index contributed by atoms with van der Waals surface area (Å²) in [6.07, 6.45) is 5.35. The molecule has 2 aromatic rings. The minimum atomic E-state index is 0.875. The van der Waals surface area contributed by atoms with E-state index in [0.29, 0.717) is 0 Å². The molecule has 0 atom stereocenters. The molecule has 12 heavy (non-hydrogen) atoms. The van der Waals surface area contributed by atoms with Crippen LogP contribution >= 0.6 is 0 Å². The van der Waals surface area contributed by atoms with E-state index in [-0.39, 0.29) is 0 Å². The fourth-order valence-corrected chi connectivity index (χ4v) is 1.00. The molecular weight excluding hydrogens is 152 g/mol. The molecule has 0 N–H and O–H groups in total. The lowest BCUT2D eigenvalue weighted by molar-refractivity contribution is 0.715. The average Bonchev–Trinajstić information content (AvgIpc) is 2.54. The van der Waals surface area contributed by atoms with Crippen LogP contribution in [-0.4, -0.2) is 20.0 Å². The van der Waals surface area contributed by atoms with E-state index in [2.05, 4.69) is 15.3 Å². The number of nitrogens with zero attached hydrogens (tertiary/aromatic N) is 4. The first-order chi connectivity index (χ1) is 5.86. The third kappa shape index (κ3) is 1.18. The van der Waals surface area contributed by atoms with Gasteiger partial charge >= 0.3 is 0 Å². The molecule has 4 nitrogen and oxygen atoms in total. The van der Waals surface area contributed by atoms with Crippen LogP contribution in [0, 0.1) is 0 Å². The van der Waals surface area contributed by atoms with Gasteiger partial charge in [0.15, 0.2) is 0 Å². The Bertz CT molecular complexity index is 366. The second-order valence-electron chi connectivity index (χ2n) is 2.51. The molecule has 2 aromatic heterocycles. The average molecular weight is 160 g/mol. The number of aromatic nitrogens is 4. The van der Waals surface area contributed by atoms with E-state index in [1.807, 2.05) is 25.4 Å². The number of pyridine rings is 1. The third-order valence-corrected chi connectivity index (χ3v) is 1.58. The molecule has 0 spiro atoms. The summed E-state index contributed by atoms with van der Waals surface area (Å²) in [5.41, 5.74) is 1.91. The highest BCUT2D eigenvalue weighted by atomic mass is 15.4. The van der Waals surface area contributed by atoms with Crippen molar-refractivity contribution in [1.29, 1.82) is 0 Å². The Morgan fingerprint density at radius 3 is 2.58 bits per heavy atom. The molecule has 0 aliphatic heterocycles. The van der Waals surface area contributed by atoms with Crippen molar-refractivity contribution in [3.8, 4) is 11.3 Å². The minimum Gasteiger partial charge on any atom is -0.265 e. The molecule has 60 valence electrons. The lowest BCUT2D eigenvalue weighted by Gasteiger charge is -1.90. The summed E-state index contributed by atoms with van der Waals surface area (Å²) >= 11 is 0. The molecule has 0 unspecified atom stereocenters. The van der Waals surface area contributed by atoms with E-state index in [1.54, 1.807) is 17.1 Å². The third-order valence-electron chi connectivity index (χ3n) is 1.58. The van der Waals surface area contributed by atoms with Crippen LogP contribution in [0.15, 0.2) is 30.7 Å². The van der Waals surface area contributed by atoms with Crippen LogP contribution in [0.2, 0.25) is 0 Å². The van der Waals surface area contributed by atoms with Crippen molar-refractivity contribution in [2.75, 3.05) is 0 Å². The van der Waals surface area contributed by atoms with Crippen molar-refractivity contribution >= 4 is 0 Å². The monoisotopic (exact) mass is 160 g/mol. The van der Waals surface area contributed by atoms with Gasteiger partial charge in [-0.25, -0.2) is 0 Å². The van der Waals surface area contributed by atoms with Crippen molar-refractivity contribution in [2.45, 2.75) is 0 Å². The van der Waals surface area contributed by atoms with Gasteiger partial charge in [-0.3, -0.25) is 9.67 Å². The molecule has 0 saturated heterocycles. The highest BCUT2D eigenvalue weighted by Crippen LogP contribution is 2.12. The maximum absolute atomic E-state index is 3.97. The van der Waals surface area contributed by atoms with Crippen LogP contribution in [0.1, 0.15) is 0 Å². The summed E-state index contributed by atoms with van der Waals surface area (Å²) in [7, 11) is 1.84. The Hall–Kier alpha value is -1.71. The van der Waals surface area contributed by atoms with Crippen LogP contribution < -0.4 is 0 Å². The maximum Gasteiger partial charge on any atom is 0.113 e. The van der Waals surface area contributed by atoms with E-state index in [0.717, 1.165) is 11.3 Å². The molecule has 0 saturated carbocycles. The number of hydrogen-bond acceptors (Lipinski definition) is 3. The summed E-state index contributed by atoms with van der Waals surface area (Å²) in [4.78, 5) is 3.92. The quantitative estimate of drug-likeness (QED) is 0.622. The second-order valence-corrected chi connectivity index (χ2v) is 2.51. The highest BCUT2D eigenvalue weighted by molar-refractivity contribution is 5.56. The number of rotatable bonds is 1. The first-order valence-corrected chi connectivity index (χ1v) is 3.63. The zero-order valence-corrected chi connectivity index (χ0v) is 6.68. The van der Waals surface area contributed by atoms with Crippen LogP contribution in [-0.2, 0) is 7.05 Å². The van der Waals surface area contributed by atoms with Gasteiger partial charge in [0.1, 0.15) is 5.69 Å². The van der Waals surface area contributed by atoms with Gasteiger partial charge < -0.3 is 0 Å². The van der Waals surface area contributed by atoms with Gasteiger partial charge in [-0.05, 0) is 12.1 Å². The normalized spacial score (nSPS) is 10.1. The summed E-state index contributed by atoms with van der Waals surface area (Å²) < 4.78 is 1.68. The highest BCUT2D eigenvalue weighted by Gasteiger charge is 1.99. The summed E-state index contributed by atoms with van der Waals surface area (Å²) in [5.74, 6) is 0. The molecule has 2 rings (SSSR count). The van der Waals surface area contributed by atoms with Crippen molar-refractivity contribution in [2.24, 2.45) is 7.05 Å². The molecule has 2 heterocycles. The largest absolute Gasteiger partial charge is 0.265 e. The molecule has 0 radical (unpaired) electrons. The Morgan fingerprint density at radius 1 is 1.25 bits per heavy atom. The Kier molecular flexibility index (Phi) is 1.59. The molecule has 0 aliphatic rings. The molecule has 0 aliphatic carbocycles. The van der Waals surface area contributed by atoms with Crippen LogP contribution in [0.25, 0.3) is 11.3 Å². The lowest BCUT2D eigenvalue weighted by Crippen LogP contribution is -1.85. The predicted molar refractivity (Wildman–Crippen MR) is 44.2 cm³/mol. The predicted octanol–water partition coefficient (Wildman–Crippen LogP) is 0.877. The fraction of sp³-hybridized carbons (Fsp3) is 0.125. The molecule has 4 heteroatoms. The zero-order chi connectivity index (χ0) is 8.39. The first-order valence-electron chi connectivity index (χ1n) is 3.63. The molecule has 0 aromatic carbocycles. The first kappa shape index (κ1) is 6.97. The topological polar surface area (TPSA) is 43.6 Å². The van der Waals surface area contributed by atoms with Gasteiger partial charge in [0, 0.05) is 25.0 Å². The standard InChI is InChI=1S/C8H8N4/c1-12-6-8(10-11-12)7-2-4-9-5-3-7/h2-6H,1H3. The van der Waals surface area contributed by atoms with Gasteiger partial charge in [-0.15, -0.1) is 5.10 Å². The SMILES string of the molecule is Cn1cc(-c2ccncc2)nn1. The van der Waals surface area contributed by atoms with E-state index < -0.39 is 0 Å². The number of hydrogen-bond donors (Lipinski definition) is 0.